The highest BCUT2D eigenvalue weighted by Gasteiger charge is 2.38. The highest BCUT2D eigenvalue weighted by Crippen LogP contribution is 2.23. The van der Waals surface area contributed by atoms with Crippen molar-refractivity contribution in [2.45, 2.75) is 26.2 Å². The van der Waals surface area contributed by atoms with Gasteiger partial charge in [0.15, 0.2) is 0 Å². The third-order valence-electron chi connectivity index (χ3n) is 2.95. The van der Waals surface area contributed by atoms with Crippen LogP contribution in [0.4, 0.5) is 0 Å². The summed E-state index contributed by atoms with van der Waals surface area (Å²) in [7, 11) is 0.732. The molecule has 0 saturated carbocycles. The maximum atomic E-state index is 11.6. The lowest BCUT2D eigenvalue weighted by Gasteiger charge is -2.25. The number of rotatable bonds is 3. The van der Waals surface area contributed by atoms with Crippen LogP contribution in [-0.4, -0.2) is 26.8 Å². The number of carbonyl (C=O) groups excluding carboxylic acids is 2. The van der Waals surface area contributed by atoms with Gasteiger partial charge < -0.3 is 0 Å². The van der Waals surface area contributed by atoms with Crippen molar-refractivity contribution in [3.63, 3.8) is 0 Å². The lowest BCUT2D eigenvalue weighted by molar-refractivity contribution is -0.132. The van der Waals surface area contributed by atoms with Gasteiger partial charge in [-0.2, -0.15) is 0 Å². The Morgan fingerprint density at radius 2 is 1.87 bits per heavy atom. The molecule has 4 heteroatoms. The van der Waals surface area contributed by atoms with Crippen molar-refractivity contribution >= 4 is 27.1 Å². The molecule has 0 saturated heterocycles. The van der Waals surface area contributed by atoms with Crippen molar-refractivity contribution in [1.29, 1.82) is 0 Å². The van der Waals surface area contributed by atoms with Crippen molar-refractivity contribution in [1.82, 2.24) is 4.98 Å². The number of pyridine rings is 1. The molecule has 15 heavy (non-hydrogen) atoms. The molecule has 1 rings (SSSR count). The number of aromatic nitrogens is 1. The topological polar surface area (TPSA) is 47.0 Å². The van der Waals surface area contributed by atoms with E-state index in [0.717, 1.165) is 21.1 Å². The van der Waals surface area contributed by atoms with E-state index < -0.39 is 5.41 Å². The van der Waals surface area contributed by atoms with Gasteiger partial charge in [0.05, 0.1) is 10.2 Å². The molecule has 0 unspecified atom stereocenters. The Balaban J connectivity index is 3.41. The first-order chi connectivity index (χ1) is 6.90. The van der Waals surface area contributed by atoms with Gasteiger partial charge in [-0.25, -0.2) is 0 Å². The molecule has 3 nitrogen and oxygen atoms in total. The Kier molecular flexibility index (Phi) is 3.19. The van der Waals surface area contributed by atoms with Gasteiger partial charge >= 0.3 is 0 Å². The fraction of sp³-hybridized carbons (Fsp3) is 0.364. The molecule has 0 aliphatic rings. The standard InChI is InChI=1S/C11H15NO2Si/c1-7(13)11(3,8(2)14)9-5-4-6-12-10(9)15/h4-6H,1-3,15H3. The van der Waals surface area contributed by atoms with Gasteiger partial charge in [-0.1, -0.05) is 6.07 Å². The molecule has 0 N–H and O–H groups in total. The number of hydrogen-bond acceptors (Lipinski definition) is 3. The number of nitrogens with zero attached hydrogens (tertiary/aromatic N) is 1. The normalized spacial score (nSPS) is 11.4. The molecule has 0 aromatic carbocycles. The Morgan fingerprint density at radius 1 is 1.33 bits per heavy atom. The Bertz CT molecular complexity index is 401. The lowest BCUT2D eigenvalue weighted by Crippen LogP contribution is -2.42. The molecule has 1 aromatic rings. The zero-order valence-corrected chi connectivity index (χ0v) is 11.5. The molecular formula is C11H15NO2Si. The van der Waals surface area contributed by atoms with Crippen LogP contribution in [0.3, 0.4) is 0 Å². The predicted octanol–water partition coefficient (Wildman–Crippen LogP) is -0.492. The Morgan fingerprint density at radius 3 is 2.27 bits per heavy atom. The largest absolute Gasteiger partial charge is 0.299 e. The summed E-state index contributed by atoms with van der Waals surface area (Å²) in [5.41, 5.74) is -0.262. The van der Waals surface area contributed by atoms with Crippen LogP contribution in [0, 0.1) is 0 Å². The zero-order valence-electron chi connectivity index (χ0n) is 9.50. The van der Waals surface area contributed by atoms with Crippen LogP contribution in [0.2, 0.25) is 0 Å². The molecule has 0 fully saturated rings. The maximum Gasteiger partial charge on any atom is 0.147 e. The van der Waals surface area contributed by atoms with Gasteiger partial charge in [0.1, 0.15) is 17.0 Å². The zero-order chi connectivity index (χ0) is 11.6. The third-order valence-corrected chi connectivity index (χ3v) is 3.75. The van der Waals surface area contributed by atoms with Crippen molar-refractivity contribution < 1.29 is 9.59 Å². The van der Waals surface area contributed by atoms with E-state index in [-0.39, 0.29) is 11.6 Å². The molecule has 80 valence electrons. The number of carbonyl (C=O) groups is 2. The van der Waals surface area contributed by atoms with Gasteiger partial charge in [0, 0.05) is 11.5 Å². The molecule has 1 aromatic heterocycles. The predicted molar refractivity (Wildman–Crippen MR) is 62.5 cm³/mol. The highest BCUT2D eigenvalue weighted by atomic mass is 28.1. The van der Waals surface area contributed by atoms with Gasteiger partial charge in [0.25, 0.3) is 0 Å². The molecule has 0 radical (unpaired) electrons. The average molecular weight is 221 g/mol. The molecule has 0 aliphatic carbocycles. The van der Waals surface area contributed by atoms with E-state index in [1.807, 2.05) is 6.07 Å². The van der Waals surface area contributed by atoms with Crippen LogP contribution in [-0.2, 0) is 15.0 Å². The van der Waals surface area contributed by atoms with E-state index in [0.29, 0.717) is 0 Å². The number of ketones is 2. The van der Waals surface area contributed by atoms with E-state index in [1.165, 1.54) is 13.8 Å². The first kappa shape index (κ1) is 11.8. The minimum atomic E-state index is -1.02. The molecule has 0 atom stereocenters. The van der Waals surface area contributed by atoms with Crippen LogP contribution in [0.25, 0.3) is 0 Å². The van der Waals surface area contributed by atoms with Gasteiger partial charge in [0.2, 0.25) is 0 Å². The second kappa shape index (κ2) is 4.06. The fourth-order valence-corrected chi connectivity index (χ4v) is 2.46. The summed E-state index contributed by atoms with van der Waals surface area (Å²) < 4.78 is 0. The summed E-state index contributed by atoms with van der Waals surface area (Å²) in [5.74, 6) is -0.250. The van der Waals surface area contributed by atoms with E-state index in [2.05, 4.69) is 4.98 Å². The number of hydrogen-bond donors (Lipinski definition) is 0. The molecule has 0 amide bonds. The van der Waals surface area contributed by atoms with Crippen LogP contribution < -0.4 is 5.32 Å². The first-order valence-corrected chi connectivity index (χ1v) is 5.85. The summed E-state index contributed by atoms with van der Waals surface area (Å²) in [6, 6.07) is 3.58. The van der Waals surface area contributed by atoms with Crippen molar-refractivity contribution in [3.05, 3.63) is 23.9 Å². The second-order valence-corrected chi connectivity index (χ2v) is 4.82. The van der Waals surface area contributed by atoms with Crippen molar-refractivity contribution in [2.75, 3.05) is 0 Å². The molecular weight excluding hydrogens is 206 g/mol. The summed E-state index contributed by atoms with van der Waals surface area (Å²) >= 11 is 0. The summed E-state index contributed by atoms with van der Waals surface area (Å²) in [4.78, 5) is 27.4. The van der Waals surface area contributed by atoms with E-state index in [9.17, 15) is 9.59 Å². The SMILES string of the molecule is CC(=O)C(C)(C(C)=O)c1cccnc1[SiH3]. The van der Waals surface area contributed by atoms with Gasteiger partial charge in [-0.15, -0.1) is 0 Å². The van der Waals surface area contributed by atoms with E-state index in [4.69, 9.17) is 0 Å². The monoisotopic (exact) mass is 221 g/mol. The molecule has 0 spiro atoms. The fourth-order valence-electron chi connectivity index (χ4n) is 1.64. The molecule has 0 bridgehead atoms. The summed E-state index contributed by atoms with van der Waals surface area (Å²) in [6.07, 6.45) is 1.69. The first-order valence-electron chi connectivity index (χ1n) is 4.85. The van der Waals surface area contributed by atoms with Gasteiger partial charge in [-0.05, 0) is 32.4 Å². The second-order valence-electron chi connectivity index (χ2n) is 3.87. The molecule has 1 heterocycles. The third kappa shape index (κ3) is 1.90. The van der Waals surface area contributed by atoms with Crippen molar-refractivity contribution in [2.24, 2.45) is 0 Å². The quantitative estimate of drug-likeness (QED) is 0.511. The molecule has 0 aliphatic heterocycles. The highest BCUT2D eigenvalue weighted by molar-refractivity contribution is 6.33. The summed E-state index contributed by atoms with van der Waals surface area (Å²) in [5, 5.41) is 0.866. The lowest BCUT2D eigenvalue weighted by atomic mass is 9.76. The van der Waals surface area contributed by atoms with Crippen molar-refractivity contribution in [3.8, 4) is 0 Å². The smallest absolute Gasteiger partial charge is 0.147 e. The Labute approximate surface area is 92.3 Å². The van der Waals surface area contributed by atoms with Crippen LogP contribution in [0.15, 0.2) is 18.3 Å². The van der Waals surface area contributed by atoms with Crippen LogP contribution >= 0.6 is 0 Å². The van der Waals surface area contributed by atoms with Crippen LogP contribution in [0.1, 0.15) is 26.3 Å². The van der Waals surface area contributed by atoms with Crippen LogP contribution in [0.5, 0.6) is 0 Å². The summed E-state index contributed by atoms with van der Waals surface area (Å²) in [6.45, 7) is 4.58. The number of Topliss-reactive ketones (excluding diaryl/α,β-unsaturated/α-hetero) is 2. The Hall–Kier alpha value is -1.29. The van der Waals surface area contributed by atoms with E-state index in [1.54, 1.807) is 19.2 Å². The average Bonchev–Trinajstić information content (AvgIpc) is 2.16. The minimum Gasteiger partial charge on any atom is -0.299 e. The maximum absolute atomic E-state index is 11.6. The van der Waals surface area contributed by atoms with E-state index >= 15 is 0 Å². The van der Waals surface area contributed by atoms with Gasteiger partial charge in [-0.3, -0.25) is 14.6 Å². The minimum absolute atomic E-state index is 0.125.